The molecule has 9 aromatic rings. The first-order chi connectivity index (χ1) is 26.5. The summed E-state index contributed by atoms with van der Waals surface area (Å²) < 4.78 is 0. The topological polar surface area (TPSA) is 3.24 Å². The van der Waals surface area contributed by atoms with Crippen molar-refractivity contribution in [1.82, 2.24) is 0 Å². The van der Waals surface area contributed by atoms with Gasteiger partial charge in [0, 0.05) is 22.5 Å². The molecule has 0 fully saturated rings. The van der Waals surface area contributed by atoms with Crippen molar-refractivity contribution in [2.24, 2.45) is 0 Å². The number of rotatable bonds is 6. The summed E-state index contributed by atoms with van der Waals surface area (Å²) in [5.74, 6) is 0. The number of hydrogen-bond donors (Lipinski definition) is 0. The molecule has 1 aliphatic rings. The van der Waals surface area contributed by atoms with Gasteiger partial charge in [0.2, 0.25) is 0 Å². The maximum atomic E-state index is 2.44. The lowest BCUT2D eigenvalue weighted by molar-refractivity contribution is 0.666. The van der Waals surface area contributed by atoms with Crippen LogP contribution in [0, 0.1) is 0 Å². The molecule has 0 bridgehead atoms. The fraction of sp³-hybridized carbons (Fsp3) is 0.0566. The van der Waals surface area contributed by atoms with Crippen LogP contribution in [-0.2, 0) is 5.41 Å². The first kappa shape index (κ1) is 32.0. The summed E-state index contributed by atoms with van der Waals surface area (Å²) in [5.41, 5.74) is 16.0. The molecule has 0 heterocycles. The third kappa shape index (κ3) is 5.24. The molecule has 0 spiro atoms. The van der Waals surface area contributed by atoms with Gasteiger partial charge in [0.05, 0.1) is 0 Å². The largest absolute Gasteiger partial charge is 0.310 e. The van der Waals surface area contributed by atoms with Crippen LogP contribution in [0.1, 0.15) is 25.0 Å². The van der Waals surface area contributed by atoms with E-state index in [2.05, 4.69) is 219 Å². The normalized spacial score (nSPS) is 12.8. The van der Waals surface area contributed by atoms with Crippen molar-refractivity contribution in [2.45, 2.75) is 19.3 Å². The van der Waals surface area contributed by atoms with Gasteiger partial charge in [0.25, 0.3) is 0 Å². The Hall–Kier alpha value is -6.70. The minimum Gasteiger partial charge on any atom is -0.310 e. The van der Waals surface area contributed by atoms with Crippen LogP contribution >= 0.6 is 0 Å². The monoisotopic (exact) mass is 689 g/mol. The van der Waals surface area contributed by atoms with Gasteiger partial charge in [0.15, 0.2) is 0 Å². The molecule has 256 valence electrons. The molecule has 0 saturated heterocycles. The van der Waals surface area contributed by atoms with Gasteiger partial charge >= 0.3 is 0 Å². The summed E-state index contributed by atoms with van der Waals surface area (Å²) in [7, 11) is 0. The molecule has 0 aromatic heterocycles. The van der Waals surface area contributed by atoms with E-state index in [4.69, 9.17) is 0 Å². The van der Waals surface area contributed by atoms with Crippen LogP contribution in [-0.4, -0.2) is 0 Å². The van der Waals surface area contributed by atoms with Gasteiger partial charge in [-0.15, -0.1) is 0 Å². The summed E-state index contributed by atoms with van der Waals surface area (Å²) in [6.07, 6.45) is 0. The standard InChI is InChI=1S/C53H39N/c1-53(2)50-35-44(33-34-49(50)51-47-19-11-9-17-45(47)46-18-10-12-20-48(46)52(51)53)54(42-29-25-40(26-30-42)37-15-7-4-8-16-37)43-31-27-41(28-32-43)39-23-21-38(22-24-39)36-13-5-3-6-14-36/h3-35H,1-2H3. The highest BCUT2D eigenvalue weighted by molar-refractivity contribution is 6.18. The van der Waals surface area contributed by atoms with Crippen molar-refractivity contribution in [3.63, 3.8) is 0 Å². The Kier molecular flexibility index (Phi) is 7.56. The lowest BCUT2D eigenvalue weighted by atomic mass is 9.79. The number of benzene rings is 9. The molecule has 1 nitrogen and oxygen atoms in total. The minimum absolute atomic E-state index is 0.192. The van der Waals surface area contributed by atoms with Crippen molar-refractivity contribution in [3.8, 4) is 44.5 Å². The summed E-state index contributed by atoms with van der Waals surface area (Å²) in [4.78, 5) is 2.41. The molecule has 0 unspecified atom stereocenters. The SMILES string of the molecule is CC1(C)c2cc(N(c3ccc(-c4ccccc4)cc3)c3ccc(-c4ccc(-c5ccccc5)cc4)cc3)ccc2-c2c1c1ccccc1c1ccccc21. The highest BCUT2D eigenvalue weighted by atomic mass is 15.1. The molecule has 1 aliphatic carbocycles. The van der Waals surface area contributed by atoms with E-state index in [0.29, 0.717) is 0 Å². The predicted molar refractivity (Wildman–Crippen MR) is 230 cm³/mol. The number of hydrogen-bond acceptors (Lipinski definition) is 1. The highest BCUT2D eigenvalue weighted by Gasteiger charge is 2.39. The zero-order valence-corrected chi connectivity index (χ0v) is 30.5. The molecule has 54 heavy (non-hydrogen) atoms. The summed E-state index contributed by atoms with van der Waals surface area (Å²) in [6.45, 7) is 4.80. The molecule has 10 rings (SSSR count). The van der Waals surface area contributed by atoms with E-state index in [9.17, 15) is 0 Å². The second kappa shape index (κ2) is 12.8. The molecule has 0 N–H and O–H groups in total. The van der Waals surface area contributed by atoms with Gasteiger partial charge in [-0.05, 0) is 114 Å². The van der Waals surface area contributed by atoms with Crippen LogP contribution in [0.5, 0.6) is 0 Å². The first-order valence-corrected chi connectivity index (χ1v) is 18.8. The molecule has 0 aliphatic heterocycles. The van der Waals surface area contributed by atoms with E-state index in [0.717, 1.165) is 17.1 Å². The smallest absolute Gasteiger partial charge is 0.0465 e. The predicted octanol–water partition coefficient (Wildman–Crippen LogP) is 14.8. The number of nitrogens with zero attached hydrogens (tertiary/aromatic N) is 1. The van der Waals surface area contributed by atoms with Crippen LogP contribution in [0.2, 0.25) is 0 Å². The number of fused-ring (bicyclic) bond motifs is 8. The van der Waals surface area contributed by atoms with E-state index < -0.39 is 0 Å². The molecule has 1 heteroatoms. The van der Waals surface area contributed by atoms with Crippen LogP contribution in [0.15, 0.2) is 200 Å². The Morgan fingerprint density at radius 1 is 0.333 bits per heavy atom. The van der Waals surface area contributed by atoms with Crippen molar-refractivity contribution < 1.29 is 0 Å². The Morgan fingerprint density at radius 2 is 0.704 bits per heavy atom. The second-order valence-electron chi connectivity index (χ2n) is 14.9. The molecule has 0 atom stereocenters. The Bertz CT molecular complexity index is 2800. The summed E-state index contributed by atoms with van der Waals surface area (Å²) in [5, 5.41) is 5.30. The molecule has 0 saturated carbocycles. The van der Waals surface area contributed by atoms with Gasteiger partial charge in [-0.3, -0.25) is 0 Å². The summed E-state index contributed by atoms with van der Waals surface area (Å²) >= 11 is 0. The van der Waals surface area contributed by atoms with Crippen molar-refractivity contribution in [2.75, 3.05) is 4.90 Å². The Labute approximate surface area is 317 Å². The molecular weight excluding hydrogens is 651 g/mol. The van der Waals surface area contributed by atoms with Crippen LogP contribution in [0.4, 0.5) is 17.1 Å². The lowest BCUT2D eigenvalue weighted by Crippen LogP contribution is -2.17. The third-order valence-electron chi connectivity index (χ3n) is 11.4. The summed E-state index contributed by atoms with van der Waals surface area (Å²) in [6, 6.07) is 73.1. The first-order valence-electron chi connectivity index (χ1n) is 18.8. The van der Waals surface area contributed by atoms with Crippen molar-refractivity contribution >= 4 is 38.6 Å². The van der Waals surface area contributed by atoms with E-state index in [-0.39, 0.29) is 5.41 Å². The van der Waals surface area contributed by atoms with Crippen LogP contribution in [0.25, 0.3) is 66.1 Å². The molecule has 0 radical (unpaired) electrons. The average Bonchev–Trinajstić information content (AvgIpc) is 3.48. The van der Waals surface area contributed by atoms with Gasteiger partial charge in [0.1, 0.15) is 0 Å². The fourth-order valence-electron chi connectivity index (χ4n) is 8.78. The van der Waals surface area contributed by atoms with E-state index in [1.807, 2.05) is 0 Å². The zero-order chi connectivity index (χ0) is 36.2. The highest BCUT2D eigenvalue weighted by Crippen LogP contribution is 2.55. The lowest BCUT2D eigenvalue weighted by Gasteiger charge is -2.28. The van der Waals surface area contributed by atoms with Gasteiger partial charge < -0.3 is 4.90 Å². The van der Waals surface area contributed by atoms with Gasteiger partial charge in [-0.25, -0.2) is 0 Å². The van der Waals surface area contributed by atoms with Crippen molar-refractivity contribution in [3.05, 3.63) is 211 Å². The maximum Gasteiger partial charge on any atom is 0.0465 e. The molecular formula is C53H39N. The quantitative estimate of drug-likeness (QED) is 0.157. The maximum absolute atomic E-state index is 2.44. The van der Waals surface area contributed by atoms with Crippen LogP contribution < -0.4 is 4.90 Å². The van der Waals surface area contributed by atoms with Gasteiger partial charge in [-0.2, -0.15) is 0 Å². The van der Waals surface area contributed by atoms with E-state index in [1.165, 1.54) is 77.2 Å². The number of anilines is 3. The minimum atomic E-state index is -0.192. The molecule has 9 aromatic carbocycles. The second-order valence-corrected chi connectivity index (χ2v) is 14.9. The Morgan fingerprint density at radius 3 is 1.20 bits per heavy atom. The molecule has 0 amide bonds. The zero-order valence-electron chi connectivity index (χ0n) is 30.5. The van der Waals surface area contributed by atoms with E-state index in [1.54, 1.807) is 0 Å². The fourth-order valence-corrected chi connectivity index (χ4v) is 8.78. The third-order valence-corrected chi connectivity index (χ3v) is 11.4. The van der Waals surface area contributed by atoms with E-state index >= 15 is 0 Å². The van der Waals surface area contributed by atoms with Crippen molar-refractivity contribution in [1.29, 1.82) is 0 Å². The Balaban J connectivity index is 1.09. The average molecular weight is 690 g/mol. The van der Waals surface area contributed by atoms with Gasteiger partial charge in [-0.1, -0.05) is 178 Å². The van der Waals surface area contributed by atoms with Crippen LogP contribution in [0.3, 0.4) is 0 Å².